The second-order valence-electron chi connectivity index (χ2n) is 18.4. The molecule has 0 aliphatic carbocycles. The van der Waals surface area contributed by atoms with Crippen molar-refractivity contribution in [3.8, 4) is 11.5 Å². The first-order valence-corrected chi connectivity index (χ1v) is 28.1. The van der Waals surface area contributed by atoms with Gasteiger partial charge < -0.3 is 30.7 Å². The van der Waals surface area contributed by atoms with E-state index in [4.69, 9.17) is 20.9 Å². The van der Waals surface area contributed by atoms with Crippen LogP contribution >= 0.6 is 0 Å². The maximum Gasteiger partial charge on any atom is 0.268 e. The first-order chi connectivity index (χ1) is 36.4. The number of carbonyl (C=O) groups is 2. The Morgan fingerprint density at radius 1 is 0.427 bits per heavy atom. The molecule has 6 aromatic carbocycles. The number of benzene rings is 6. The highest BCUT2D eigenvalue weighted by molar-refractivity contribution is 7.90. The topological polar surface area (TPSA) is 196 Å². The average Bonchev–Trinajstić information content (AvgIpc) is 4.13. The zero-order valence-electron chi connectivity index (χ0n) is 41.7. The summed E-state index contributed by atoms with van der Waals surface area (Å²) in [6.45, 7) is 10.0. The molecule has 2 amide bonds. The molecule has 10 rings (SSSR count). The highest BCUT2D eigenvalue weighted by Gasteiger charge is 2.25. The van der Waals surface area contributed by atoms with Crippen LogP contribution in [0.1, 0.15) is 40.0 Å². The van der Waals surface area contributed by atoms with Gasteiger partial charge in [-0.1, -0.05) is 72.8 Å². The Bertz CT molecular complexity index is 3460. The fourth-order valence-electron chi connectivity index (χ4n) is 9.74. The molecule has 4 N–H and O–H groups in total. The number of ether oxygens (including phenoxy) is 2. The molecule has 0 atom stereocenters. The standard InChI is InChI=1S/C29H32N4O4S.C28H30N4O4S/c30-29(34)25-11-4-5-14-28(25)37-22-7-6-16-31-18-20-32(21-19-31)26-12-8-13-27-24(26)15-17-33(27)38(35,36)23-9-2-1-3-10-23;29-28(33)24-10-4-5-13-27(24)36-21-7-15-30-17-19-31(20-18-30)25-11-6-12-26-23(25)14-16-32(26)37(34,35)22-8-2-1-3-9-22/h1-5,8-15,17H,6-7,16,18-22H2,(H2,30,34);1-6,8-14,16H,7,15,17-21H2,(H2,29,33). The van der Waals surface area contributed by atoms with E-state index in [1.807, 2.05) is 54.6 Å². The minimum atomic E-state index is -3.67. The van der Waals surface area contributed by atoms with E-state index < -0.39 is 31.9 Å². The Kier molecular flexibility index (Phi) is 16.5. The predicted octanol–water partition coefficient (Wildman–Crippen LogP) is 7.53. The van der Waals surface area contributed by atoms with Crippen molar-refractivity contribution in [3.63, 3.8) is 0 Å². The van der Waals surface area contributed by atoms with Crippen LogP contribution in [0.3, 0.4) is 0 Å². The van der Waals surface area contributed by atoms with Gasteiger partial charge in [-0.3, -0.25) is 19.4 Å². The molecule has 0 bridgehead atoms. The lowest BCUT2D eigenvalue weighted by molar-refractivity contribution is 0.0987. The summed E-state index contributed by atoms with van der Waals surface area (Å²) >= 11 is 0. The molecule has 2 aliphatic rings. The summed E-state index contributed by atoms with van der Waals surface area (Å²) in [5, 5.41) is 1.87. The minimum Gasteiger partial charge on any atom is -0.493 e. The normalized spacial score (nSPS) is 14.6. The summed E-state index contributed by atoms with van der Waals surface area (Å²) in [7, 11) is -7.33. The molecule has 0 radical (unpaired) electrons. The van der Waals surface area contributed by atoms with Crippen LogP contribution in [0, 0.1) is 0 Å². The summed E-state index contributed by atoms with van der Waals surface area (Å²) in [4.78, 5) is 33.1. The van der Waals surface area contributed by atoms with Gasteiger partial charge in [-0.2, -0.15) is 0 Å². The van der Waals surface area contributed by atoms with E-state index in [2.05, 4.69) is 31.7 Å². The molecule has 2 aliphatic heterocycles. The monoisotopic (exact) mass is 1050 g/mol. The molecular weight excluding hydrogens is 989 g/mol. The third-order valence-electron chi connectivity index (χ3n) is 13.7. The summed E-state index contributed by atoms with van der Waals surface area (Å²) < 4.78 is 67.2. The first kappa shape index (κ1) is 52.2. The molecule has 0 spiro atoms. The van der Waals surface area contributed by atoms with Gasteiger partial charge in [-0.25, -0.2) is 24.8 Å². The number of hydrogen-bond donors (Lipinski definition) is 2. The highest BCUT2D eigenvalue weighted by atomic mass is 32.2. The number of unbranched alkanes of at least 4 members (excludes halogenated alkanes) is 1. The van der Waals surface area contributed by atoms with Crippen molar-refractivity contribution in [2.75, 3.05) is 88.5 Å². The molecule has 8 aromatic rings. The van der Waals surface area contributed by atoms with Crippen molar-refractivity contribution in [1.29, 1.82) is 0 Å². The Morgan fingerprint density at radius 3 is 1.24 bits per heavy atom. The molecule has 4 heterocycles. The second kappa shape index (κ2) is 23.7. The lowest BCUT2D eigenvalue weighted by atomic mass is 10.1. The molecular formula is C57H62N8O8S2. The Labute approximate surface area is 438 Å². The zero-order valence-corrected chi connectivity index (χ0v) is 43.3. The number of rotatable bonds is 19. The number of nitrogens with two attached hydrogens (primary N) is 2. The van der Waals surface area contributed by atoms with E-state index in [0.717, 1.165) is 107 Å². The SMILES string of the molecule is NC(=O)c1ccccc1OCCCCN1CCN(c2cccc3c2ccn3S(=O)(=O)c2ccccc2)CC1.NC(=O)c1ccccc1OCCCN1CCN(c2cccc3c2ccn3S(=O)(=O)c2ccccc2)CC1. The van der Waals surface area contributed by atoms with Gasteiger partial charge in [0.05, 0.1) is 45.2 Å². The summed E-state index contributed by atoms with van der Waals surface area (Å²) in [5.41, 5.74) is 15.1. The van der Waals surface area contributed by atoms with Gasteiger partial charge in [-0.15, -0.1) is 0 Å². The van der Waals surface area contributed by atoms with Crippen molar-refractivity contribution in [3.05, 3.63) is 181 Å². The third-order valence-corrected chi connectivity index (χ3v) is 17.1. The Hall–Kier alpha value is -7.64. The largest absolute Gasteiger partial charge is 0.493 e. The minimum absolute atomic E-state index is 0.272. The van der Waals surface area contributed by atoms with Crippen LogP contribution in [0.5, 0.6) is 11.5 Å². The number of fused-ring (bicyclic) bond motifs is 2. The summed E-state index contributed by atoms with van der Waals surface area (Å²) in [5.74, 6) is 0.0839. The lowest BCUT2D eigenvalue weighted by Crippen LogP contribution is -2.46. The number of piperazine rings is 2. The van der Waals surface area contributed by atoms with Crippen molar-refractivity contribution < 1.29 is 35.9 Å². The van der Waals surface area contributed by atoms with Crippen LogP contribution in [0.25, 0.3) is 21.8 Å². The van der Waals surface area contributed by atoms with Crippen LogP contribution in [0.2, 0.25) is 0 Å². The van der Waals surface area contributed by atoms with Crippen LogP contribution in [-0.4, -0.2) is 125 Å². The van der Waals surface area contributed by atoms with Gasteiger partial charge in [0.25, 0.3) is 31.9 Å². The number of hydrogen-bond acceptors (Lipinski definition) is 12. The van der Waals surface area contributed by atoms with Gasteiger partial charge in [0.15, 0.2) is 0 Å². The van der Waals surface area contributed by atoms with E-state index in [1.54, 1.807) is 103 Å². The number of aromatic nitrogens is 2. The first-order valence-electron chi connectivity index (χ1n) is 25.2. The molecule has 75 heavy (non-hydrogen) atoms. The quantitative estimate of drug-likeness (QED) is 0.0758. The summed E-state index contributed by atoms with van der Waals surface area (Å²) in [6.07, 6.45) is 6.01. The zero-order chi connectivity index (χ0) is 52.4. The van der Waals surface area contributed by atoms with Crippen LogP contribution in [0.15, 0.2) is 180 Å². The number of anilines is 2. The van der Waals surface area contributed by atoms with Crippen molar-refractivity contribution in [2.45, 2.75) is 29.1 Å². The molecule has 2 aromatic heterocycles. The Balaban J connectivity index is 0.000000184. The van der Waals surface area contributed by atoms with Gasteiger partial charge >= 0.3 is 0 Å². The van der Waals surface area contributed by atoms with E-state index in [1.165, 1.54) is 7.94 Å². The smallest absolute Gasteiger partial charge is 0.268 e. The molecule has 2 fully saturated rings. The summed E-state index contributed by atoms with van der Waals surface area (Å²) in [6, 6.07) is 46.6. The van der Waals surface area contributed by atoms with Crippen LogP contribution in [-0.2, 0) is 20.0 Å². The van der Waals surface area contributed by atoms with E-state index in [0.29, 0.717) is 46.9 Å². The lowest BCUT2D eigenvalue weighted by Gasteiger charge is -2.36. The van der Waals surface area contributed by atoms with E-state index in [-0.39, 0.29) is 9.79 Å². The van der Waals surface area contributed by atoms with E-state index >= 15 is 0 Å². The number of amides is 2. The highest BCUT2D eigenvalue weighted by Crippen LogP contribution is 2.33. The number of para-hydroxylation sites is 2. The fraction of sp³-hybridized carbons (Fsp3) is 0.263. The van der Waals surface area contributed by atoms with Crippen LogP contribution < -0.4 is 30.7 Å². The second-order valence-corrected chi connectivity index (χ2v) is 22.0. The molecule has 390 valence electrons. The van der Waals surface area contributed by atoms with Gasteiger partial charge in [0, 0.05) is 93.4 Å². The average molecular weight is 1050 g/mol. The maximum absolute atomic E-state index is 13.2. The number of nitrogens with zero attached hydrogens (tertiary/aromatic N) is 6. The molecule has 0 unspecified atom stereocenters. The van der Waals surface area contributed by atoms with Crippen molar-refractivity contribution in [1.82, 2.24) is 17.7 Å². The van der Waals surface area contributed by atoms with Crippen LogP contribution in [0.4, 0.5) is 11.4 Å². The van der Waals surface area contributed by atoms with Gasteiger partial charge in [0.2, 0.25) is 0 Å². The molecule has 0 saturated carbocycles. The maximum atomic E-state index is 13.2. The molecule has 18 heteroatoms. The third kappa shape index (κ3) is 12.0. The van der Waals surface area contributed by atoms with Crippen molar-refractivity contribution >= 4 is 65.0 Å². The van der Waals surface area contributed by atoms with Gasteiger partial charge in [0.1, 0.15) is 11.5 Å². The van der Waals surface area contributed by atoms with E-state index in [9.17, 15) is 26.4 Å². The number of carbonyl (C=O) groups excluding carboxylic acids is 2. The molecule has 2 saturated heterocycles. The number of primary amides is 2. The van der Waals surface area contributed by atoms with Crippen molar-refractivity contribution in [2.24, 2.45) is 11.5 Å². The van der Waals surface area contributed by atoms with Gasteiger partial charge in [-0.05, 0) is 111 Å². The molecule has 16 nitrogen and oxygen atoms in total. The fourth-order valence-corrected chi connectivity index (χ4v) is 12.5. The predicted molar refractivity (Wildman–Crippen MR) is 294 cm³/mol. The Morgan fingerprint density at radius 2 is 0.813 bits per heavy atom.